The summed E-state index contributed by atoms with van der Waals surface area (Å²) in [6.45, 7) is 2.05. The zero-order valence-corrected chi connectivity index (χ0v) is 10.7. The zero-order chi connectivity index (χ0) is 12.7. The molecular weight excluding hydrogens is 226 g/mol. The maximum Gasteiger partial charge on any atom is 0.230 e. The second-order valence-electron chi connectivity index (χ2n) is 5.12. The minimum atomic E-state index is 0.147. The summed E-state index contributed by atoms with van der Waals surface area (Å²) >= 11 is 0. The first-order valence-electron chi connectivity index (χ1n) is 6.34. The molecule has 4 nitrogen and oxygen atoms in total. The normalized spacial score (nSPS) is 15.0. The van der Waals surface area contributed by atoms with Crippen molar-refractivity contribution in [3.05, 3.63) is 29.6 Å². The van der Waals surface area contributed by atoms with Crippen LogP contribution in [0.15, 0.2) is 18.2 Å². The van der Waals surface area contributed by atoms with E-state index in [0.29, 0.717) is 12.5 Å². The van der Waals surface area contributed by atoms with Gasteiger partial charge in [0.1, 0.15) is 5.82 Å². The van der Waals surface area contributed by atoms with Crippen molar-refractivity contribution in [2.24, 2.45) is 0 Å². The van der Waals surface area contributed by atoms with Crippen LogP contribution in [0.25, 0.3) is 11.0 Å². The van der Waals surface area contributed by atoms with Crippen molar-refractivity contribution in [3.63, 3.8) is 0 Å². The first-order chi connectivity index (χ1) is 8.63. The molecule has 1 aromatic carbocycles. The van der Waals surface area contributed by atoms with Crippen LogP contribution in [0, 0.1) is 6.92 Å². The van der Waals surface area contributed by atoms with Crippen LogP contribution in [-0.4, -0.2) is 33.9 Å². The van der Waals surface area contributed by atoms with E-state index in [0.717, 1.165) is 29.7 Å². The van der Waals surface area contributed by atoms with Gasteiger partial charge in [-0.25, -0.2) is 4.98 Å². The predicted octanol–water partition coefficient (Wildman–Crippen LogP) is 2.03. The highest BCUT2D eigenvalue weighted by molar-refractivity contribution is 5.81. The van der Waals surface area contributed by atoms with Crippen LogP contribution in [0.2, 0.25) is 0 Å². The quantitative estimate of drug-likeness (QED) is 0.896. The topological polar surface area (TPSA) is 49.0 Å². The monoisotopic (exact) mass is 243 g/mol. The van der Waals surface area contributed by atoms with E-state index in [1.165, 1.54) is 5.56 Å². The number of aromatic amines is 1. The molecule has 0 spiro atoms. The van der Waals surface area contributed by atoms with Crippen LogP contribution in [0.5, 0.6) is 0 Å². The lowest BCUT2D eigenvalue weighted by atomic mass is 10.2. The standard InChI is InChI=1S/C14H17N3O/c1-9-3-6-11-12(7-9)16-13(15-11)8-14(18)17(2)10-4-5-10/h3,6-7,10H,4-5,8H2,1-2H3,(H,15,16). The Morgan fingerprint density at radius 1 is 1.50 bits per heavy atom. The highest BCUT2D eigenvalue weighted by Crippen LogP contribution is 2.25. The third-order valence-corrected chi connectivity index (χ3v) is 3.49. The summed E-state index contributed by atoms with van der Waals surface area (Å²) in [4.78, 5) is 21.5. The molecule has 0 atom stereocenters. The summed E-state index contributed by atoms with van der Waals surface area (Å²) < 4.78 is 0. The number of aryl methyl sites for hydroxylation is 1. The van der Waals surface area contributed by atoms with Gasteiger partial charge in [-0.1, -0.05) is 6.07 Å². The van der Waals surface area contributed by atoms with Crippen molar-refractivity contribution < 1.29 is 4.79 Å². The Labute approximate surface area is 106 Å². The second-order valence-corrected chi connectivity index (χ2v) is 5.12. The van der Waals surface area contributed by atoms with E-state index < -0.39 is 0 Å². The molecule has 94 valence electrons. The average Bonchev–Trinajstić information content (AvgIpc) is 3.10. The number of rotatable bonds is 3. The van der Waals surface area contributed by atoms with Crippen LogP contribution >= 0.6 is 0 Å². The number of benzene rings is 1. The summed E-state index contributed by atoms with van der Waals surface area (Å²) in [5, 5.41) is 0. The first-order valence-corrected chi connectivity index (χ1v) is 6.34. The van der Waals surface area contributed by atoms with Crippen molar-refractivity contribution in [2.75, 3.05) is 7.05 Å². The van der Waals surface area contributed by atoms with E-state index in [-0.39, 0.29) is 5.91 Å². The molecule has 1 heterocycles. The number of imidazole rings is 1. The van der Waals surface area contributed by atoms with Crippen LogP contribution in [-0.2, 0) is 11.2 Å². The number of nitrogens with one attached hydrogen (secondary N) is 1. The molecule has 2 aromatic rings. The molecule has 0 unspecified atom stereocenters. The number of hydrogen-bond acceptors (Lipinski definition) is 2. The van der Waals surface area contributed by atoms with Gasteiger partial charge in [0, 0.05) is 13.1 Å². The van der Waals surface area contributed by atoms with Crippen molar-refractivity contribution in [1.29, 1.82) is 0 Å². The van der Waals surface area contributed by atoms with Gasteiger partial charge in [0.15, 0.2) is 0 Å². The molecule has 1 aliphatic rings. The Morgan fingerprint density at radius 3 is 3.00 bits per heavy atom. The van der Waals surface area contributed by atoms with Gasteiger partial charge in [0.25, 0.3) is 0 Å². The molecule has 0 bridgehead atoms. The molecule has 3 rings (SSSR count). The van der Waals surface area contributed by atoms with Crippen LogP contribution in [0.1, 0.15) is 24.2 Å². The van der Waals surface area contributed by atoms with E-state index >= 15 is 0 Å². The minimum absolute atomic E-state index is 0.147. The molecule has 1 amide bonds. The van der Waals surface area contributed by atoms with E-state index in [4.69, 9.17) is 0 Å². The summed E-state index contributed by atoms with van der Waals surface area (Å²) in [5.41, 5.74) is 3.13. The van der Waals surface area contributed by atoms with Crippen molar-refractivity contribution in [1.82, 2.24) is 14.9 Å². The summed E-state index contributed by atoms with van der Waals surface area (Å²) in [5.74, 6) is 0.904. The highest BCUT2D eigenvalue weighted by Gasteiger charge is 2.29. The van der Waals surface area contributed by atoms with E-state index in [1.54, 1.807) is 0 Å². The molecule has 1 saturated carbocycles. The lowest BCUT2D eigenvalue weighted by molar-refractivity contribution is -0.129. The molecule has 4 heteroatoms. The average molecular weight is 243 g/mol. The van der Waals surface area contributed by atoms with Gasteiger partial charge in [-0.3, -0.25) is 4.79 Å². The smallest absolute Gasteiger partial charge is 0.230 e. The lowest BCUT2D eigenvalue weighted by Gasteiger charge is -2.14. The van der Waals surface area contributed by atoms with Gasteiger partial charge in [-0.2, -0.15) is 0 Å². The Hall–Kier alpha value is -1.84. The van der Waals surface area contributed by atoms with E-state index in [2.05, 4.69) is 16.0 Å². The van der Waals surface area contributed by atoms with E-state index in [1.807, 2.05) is 31.0 Å². The molecule has 1 fully saturated rings. The number of carbonyl (C=O) groups is 1. The van der Waals surface area contributed by atoms with Gasteiger partial charge >= 0.3 is 0 Å². The Balaban J connectivity index is 1.79. The van der Waals surface area contributed by atoms with Crippen LogP contribution in [0.3, 0.4) is 0 Å². The van der Waals surface area contributed by atoms with Gasteiger partial charge < -0.3 is 9.88 Å². The SMILES string of the molecule is Cc1ccc2nc(CC(=O)N(C)C3CC3)[nH]c2c1. The van der Waals surface area contributed by atoms with Crippen LogP contribution < -0.4 is 0 Å². The zero-order valence-electron chi connectivity index (χ0n) is 10.7. The van der Waals surface area contributed by atoms with Gasteiger partial charge in [0.2, 0.25) is 5.91 Å². The fraction of sp³-hybridized carbons (Fsp3) is 0.429. The Kier molecular flexibility index (Phi) is 2.58. The molecular formula is C14H17N3O. The Bertz CT molecular complexity index is 598. The highest BCUT2D eigenvalue weighted by atomic mass is 16.2. The summed E-state index contributed by atoms with van der Waals surface area (Å²) in [6, 6.07) is 6.54. The number of fused-ring (bicyclic) bond motifs is 1. The molecule has 1 aliphatic carbocycles. The number of H-pyrrole nitrogens is 1. The second kappa shape index (κ2) is 4.12. The largest absolute Gasteiger partial charge is 0.342 e. The summed E-state index contributed by atoms with van der Waals surface area (Å²) in [7, 11) is 1.88. The van der Waals surface area contributed by atoms with Crippen molar-refractivity contribution in [2.45, 2.75) is 32.2 Å². The number of likely N-dealkylation sites (N-methyl/N-ethyl adjacent to an activating group) is 1. The first kappa shape index (κ1) is 11.3. The molecule has 1 aromatic heterocycles. The van der Waals surface area contributed by atoms with Gasteiger partial charge in [0.05, 0.1) is 17.5 Å². The molecule has 0 radical (unpaired) electrons. The predicted molar refractivity (Wildman–Crippen MR) is 70.3 cm³/mol. The fourth-order valence-electron chi connectivity index (χ4n) is 2.19. The van der Waals surface area contributed by atoms with E-state index in [9.17, 15) is 4.79 Å². The maximum atomic E-state index is 12.0. The number of amides is 1. The number of aromatic nitrogens is 2. The van der Waals surface area contributed by atoms with Gasteiger partial charge in [-0.15, -0.1) is 0 Å². The molecule has 0 aliphatic heterocycles. The number of hydrogen-bond donors (Lipinski definition) is 1. The van der Waals surface area contributed by atoms with Crippen molar-refractivity contribution in [3.8, 4) is 0 Å². The van der Waals surface area contributed by atoms with Crippen LogP contribution in [0.4, 0.5) is 0 Å². The third-order valence-electron chi connectivity index (χ3n) is 3.49. The molecule has 18 heavy (non-hydrogen) atoms. The number of nitrogens with zero attached hydrogens (tertiary/aromatic N) is 2. The third kappa shape index (κ3) is 2.10. The van der Waals surface area contributed by atoms with Gasteiger partial charge in [-0.05, 0) is 37.5 Å². The number of carbonyl (C=O) groups excluding carboxylic acids is 1. The maximum absolute atomic E-state index is 12.0. The Morgan fingerprint density at radius 2 is 2.28 bits per heavy atom. The lowest BCUT2D eigenvalue weighted by Crippen LogP contribution is -2.30. The fourth-order valence-corrected chi connectivity index (χ4v) is 2.19. The molecule has 0 saturated heterocycles. The molecule has 1 N–H and O–H groups in total. The van der Waals surface area contributed by atoms with Crippen molar-refractivity contribution >= 4 is 16.9 Å². The summed E-state index contributed by atoms with van der Waals surface area (Å²) in [6.07, 6.45) is 2.64. The minimum Gasteiger partial charge on any atom is -0.342 e.